The highest BCUT2D eigenvalue weighted by atomic mass is 32.1. The molecule has 1 aromatic heterocycles. The van der Waals surface area contributed by atoms with Gasteiger partial charge < -0.3 is 10.4 Å². The Bertz CT molecular complexity index is 425. The van der Waals surface area contributed by atoms with Gasteiger partial charge in [0, 0.05) is 12.6 Å². The van der Waals surface area contributed by atoms with Crippen molar-refractivity contribution in [3.63, 3.8) is 0 Å². The molecule has 3 nitrogen and oxygen atoms in total. The standard InChI is InChI=1S/C14H21NO2S/c1-14(2)7-4-3-5-11(14)15-9-10-6-8-18-12(10)13(16)17/h6,8,11,15H,3-5,7,9H2,1-2H3,(H,16,17). The molecule has 0 bridgehead atoms. The van der Waals surface area contributed by atoms with Gasteiger partial charge in [-0.15, -0.1) is 11.3 Å². The van der Waals surface area contributed by atoms with Crippen LogP contribution in [-0.2, 0) is 6.54 Å². The zero-order valence-electron chi connectivity index (χ0n) is 11.0. The van der Waals surface area contributed by atoms with Crippen LogP contribution in [0, 0.1) is 5.41 Å². The summed E-state index contributed by atoms with van der Waals surface area (Å²) in [5.41, 5.74) is 1.23. The van der Waals surface area contributed by atoms with Crippen LogP contribution in [0.1, 0.15) is 54.8 Å². The predicted octanol–water partition coefficient (Wildman–Crippen LogP) is 3.50. The van der Waals surface area contributed by atoms with Crippen LogP contribution in [-0.4, -0.2) is 17.1 Å². The molecule has 18 heavy (non-hydrogen) atoms. The quantitative estimate of drug-likeness (QED) is 0.877. The van der Waals surface area contributed by atoms with Gasteiger partial charge in [0.25, 0.3) is 0 Å². The number of carboxylic acid groups (broad SMARTS) is 1. The maximum Gasteiger partial charge on any atom is 0.346 e. The van der Waals surface area contributed by atoms with Crippen molar-refractivity contribution in [3.8, 4) is 0 Å². The third kappa shape index (κ3) is 2.93. The van der Waals surface area contributed by atoms with E-state index in [1.165, 1.54) is 37.0 Å². The Hall–Kier alpha value is -0.870. The average molecular weight is 267 g/mol. The molecule has 0 radical (unpaired) electrons. The normalized spacial score (nSPS) is 22.9. The van der Waals surface area contributed by atoms with Gasteiger partial charge in [-0.3, -0.25) is 0 Å². The molecule has 0 spiro atoms. The fourth-order valence-corrected chi connectivity index (χ4v) is 3.53. The summed E-state index contributed by atoms with van der Waals surface area (Å²) in [6, 6.07) is 2.41. The fraction of sp³-hybridized carbons (Fsp3) is 0.643. The molecule has 1 unspecified atom stereocenters. The van der Waals surface area contributed by atoms with Crippen LogP contribution in [0.15, 0.2) is 11.4 Å². The van der Waals surface area contributed by atoms with Crippen LogP contribution in [0.25, 0.3) is 0 Å². The molecule has 1 aromatic rings. The highest BCUT2D eigenvalue weighted by molar-refractivity contribution is 7.12. The number of nitrogens with one attached hydrogen (secondary N) is 1. The number of hydrogen-bond donors (Lipinski definition) is 2. The summed E-state index contributed by atoms with van der Waals surface area (Å²) in [6.45, 7) is 5.27. The second-order valence-corrected chi connectivity index (χ2v) is 6.66. The number of carboxylic acids is 1. The summed E-state index contributed by atoms with van der Waals surface area (Å²) < 4.78 is 0. The highest BCUT2D eigenvalue weighted by Crippen LogP contribution is 2.35. The van der Waals surface area contributed by atoms with Crippen molar-refractivity contribution in [2.45, 2.75) is 52.1 Å². The smallest absolute Gasteiger partial charge is 0.346 e. The van der Waals surface area contributed by atoms with Gasteiger partial charge in [0.2, 0.25) is 0 Å². The lowest BCUT2D eigenvalue weighted by Crippen LogP contribution is -2.43. The third-order valence-corrected chi connectivity index (χ3v) is 4.93. The first-order valence-electron chi connectivity index (χ1n) is 6.54. The van der Waals surface area contributed by atoms with Crippen LogP contribution in [0.5, 0.6) is 0 Å². The molecule has 1 fully saturated rings. The molecule has 1 atom stereocenters. The van der Waals surface area contributed by atoms with Gasteiger partial charge >= 0.3 is 5.97 Å². The minimum atomic E-state index is -0.815. The van der Waals surface area contributed by atoms with Crippen molar-refractivity contribution in [3.05, 3.63) is 21.9 Å². The molecule has 100 valence electrons. The lowest BCUT2D eigenvalue weighted by Gasteiger charge is -2.39. The monoisotopic (exact) mass is 267 g/mol. The lowest BCUT2D eigenvalue weighted by molar-refractivity contribution is 0.0700. The number of thiophene rings is 1. The molecule has 0 aliphatic heterocycles. The van der Waals surface area contributed by atoms with Gasteiger partial charge in [-0.2, -0.15) is 0 Å². The molecule has 2 N–H and O–H groups in total. The van der Waals surface area contributed by atoms with E-state index in [9.17, 15) is 4.79 Å². The second-order valence-electron chi connectivity index (χ2n) is 5.75. The third-order valence-electron chi connectivity index (χ3n) is 3.99. The number of carbonyl (C=O) groups is 1. The Balaban J connectivity index is 1.98. The molecule has 4 heteroatoms. The summed E-state index contributed by atoms with van der Waals surface area (Å²) in [5, 5.41) is 14.5. The molecule has 0 aromatic carbocycles. The molecule has 0 amide bonds. The Labute approximate surface area is 112 Å². The van der Waals surface area contributed by atoms with E-state index in [4.69, 9.17) is 5.11 Å². The maximum atomic E-state index is 11.0. The van der Waals surface area contributed by atoms with Crippen molar-refractivity contribution >= 4 is 17.3 Å². The predicted molar refractivity (Wildman–Crippen MR) is 74.2 cm³/mol. The van der Waals surface area contributed by atoms with Crippen LogP contribution < -0.4 is 5.32 Å². The first kappa shape index (κ1) is 13.6. The minimum Gasteiger partial charge on any atom is -0.477 e. The van der Waals surface area contributed by atoms with Crippen molar-refractivity contribution in [2.24, 2.45) is 5.41 Å². The van der Waals surface area contributed by atoms with E-state index in [-0.39, 0.29) is 0 Å². The minimum absolute atomic E-state index is 0.317. The van der Waals surface area contributed by atoms with Crippen molar-refractivity contribution < 1.29 is 9.90 Å². The van der Waals surface area contributed by atoms with Gasteiger partial charge in [0.15, 0.2) is 0 Å². The fourth-order valence-electron chi connectivity index (χ4n) is 2.77. The van der Waals surface area contributed by atoms with Gasteiger partial charge in [0.1, 0.15) is 4.88 Å². The largest absolute Gasteiger partial charge is 0.477 e. The molecule has 0 saturated heterocycles. The zero-order chi connectivity index (χ0) is 13.2. The maximum absolute atomic E-state index is 11.0. The number of hydrogen-bond acceptors (Lipinski definition) is 3. The first-order chi connectivity index (χ1) is 8.50. The van der Waals surface area contributed by atoms with Gasteiger partial charge in [-0.1, -0.05) is 26.7 Å². The zero-order valence-corrected chi connectivity index (χ0v) is 11.8. The topological polar surface area (TPSA) is 49.3 Å². The van der Waals surface area contributed by atoms with E-state index in [1.54, 1.807) is 0 Å². The van der Waals surface area contributed by atoms with E-state index >= 15 is 0 Å². The summed E-state index contributed by atoms with van der Waals surface area (Å²) in [6.07, 6.45) is 5.03. The molecular weight excluding hydrogens is 246 g/mol. The average Bonchev–Trinajstić information content (AvgIpc) is 2.75. The van der Waals surface area contributed by atoms with E-state index in [0.29, 0.717) is 22.9 Å². The summed E-state index contributed by atoms with van der Waals surface area (Å²) in [5.74, 6) is -0.815. The summed E-state index contributed by atoms with van der Waals surface area (Å²) >= 11 is 1.30. The van der Waals surface area contributed by atoms with Gasteiger partial charge in [-0.25, -0.2) is 4.79 Å². The van der Waals surface area contributed by atoms with Crippen LogP contribution in [0.3, 0.4) is 0 Å². The highest BCUT2D eigenvalue weighted by Gasteiger charge is 2.31. The molecular formula is C14H21NO2S. The van der Waals surface area contributed by atoms with Gasteiger partial charge in [-0.05, 0) is 35.3 Å². The van der Waals surface area contributed by atoms with E-state index in [0.717, 1.165) is 5.56 Å². The Kier molecular flexibility index (Phi) is 4.07. The second kappa shape index (κ2) is 5.41. The van der Waals surface area contributed by atoms with E-state index in [1.807, 2.05) is 11.4 Å². The van der Waals surface area contributed by atoms with Gasteiger partial charge in [0.05, 0.1) is 0 Å². The number of aromatic carboxylic acids is 1. The van der Waals surface area contributed by atoms with Crippen molar-refractivity contribution in [1.82, 2.24) is 5.32 Å². The van der Waals surface area contributed by atoms with Crippen molar-refractivity contribution in [2.75, 3.05) is 0 Å². The number of rotatable bonds is 4. The summed E-state index contributed by atoms with van der Waals surface area (Å²) in [4.78, 5) is 11.5. The Morgan fingerprint density at radius 1 is 1.56 bits per heavy atom. The molecule has 1 saturated carbocycles. The summed E-state index contributed by atoms with van der Waals surface area (Å²) in [7, 11) is 0. The van der Waals surface area contributed by atoms with Crippen LogP contribution in [0.2, 0.25) is 0 Å². The van der Waals surface area contributed by atoms with E-state index < -0.39 is 5.97 Å². The van der Waals surface area contributed by atoms with Crippen LogP contribution in [0.4, 0.5) is 0 Å². The Morgan fingerprint density at radius 3 is 3.00 bits per heavy atom. The van der Waals surface area contributed by atoms with Crippen molar-refractivity contribution in [1.29, 1.82) is 0 Å². The first-order valence-corrected chi connectivity index (χ1v) is 7.42. The molecule has 1 aliphatic carbocycles. The molecule has 1 aliphatic rings. The van der Waals surface area contributed by atoms with Crippen LogP contribution >= 0.6 is 11.3 Å². The molecule has 2 rings (SSSR count). The SMILES string of the molecule is CC1(C)CCCCC1NCc1ccsc1C(=O)O. The lowest BCUT2D eigenvalue weighted by atomic mass is 9.73. The van der Waals surface area contributed by atoms with E-state index in [2.05, 4.69) is 19.2 Å². The Morgan fingerprint density at radius 2 is 2.33 bits per heavy atom. The molecule has 1 heterocycles.